The van der Waals surface area contributed by atoms with Crippen molar-refractivity contribution in [1.82, 2.24) is 4.72 Å². The maximum absolute atomic E-state index is 11.9. The number of nitrogens with one attached hydrogen (secondary N) is 1. The van der Waals surface area contributed by atoms with Crippen molar-refractivity contribution in [2.24, 2.45) is 0 Å². The van der Waals surface area contributed by atoms with E-state index in [4.69, 9.17) is 17.3 Å². The first kappa shape index (κ1) is 16.6. The van der Waals surface area contributed by atoms with Crippen LogP contribution in [-0.2, 0) is 16.6 Å². The van der Waals surface area contributed by atoms with E-state index in [1.807, 2.05) is 18.2 Å². The Labute approximate surface area is 137 Å². The average Bonchev–Trinajstić information content (AvgIpc) is 2.85. The molecule has 21 heavy (non-hydrogen) atoms. The van der Waals surface area contributed by atoms with Crippen LogP contribution in [0.4, 0.5) is 5.69 Å². The maximum atomic E-state index is 11.9. The van der Waals surface area contributed by atoms with Gasteiger partial charge in [-0.1, -0.05) is 11.6 Å². The zero-order chi connectivity index (χ0) is 15.3. The molecule has 0 aliphatic heterocycles. The highest BCUT2D eigenvalue weighted by atomic mass is 35.5. The summed E-state index contributed by atoms with van der Waals surface area (Å²) < 4.78 is 27.0. The Morgan fingerprint density at radius 1 is 1.19 bits per heavy atom. The van der Waals surface area contributed by atoms with Crippen molar-refractivity contribution in [3.63, 3.8) is 0 Å². The van der Waals surface area contributed by atoms with E-state index in [9.17, 15) is 8.42 Å². The standard InChI is InChI=1S/C13H15ClN2O2S3/c14-13-6-5-12(20-13)9-16-21(17,18)8-7-19-11-3-1-10(15)2-4-11/h1-6,16H,7-9,15H2. The van der Waals surface area contributed by atoms with Gasteiger partial charge >= 0.3 is 0 Å². The van der Waals surface area contributed by atoms with Gasteiger partial charge in [-0.05, 0) is 36.4 Å². The highest BCUT2D eigenvalue weighted by molar-refractivity contribution is 8.00. The van der Waals surface area contributed by atoms with Crippen LogP contribution in [0, 0.1) is 0 Å². The number of hydrogen-bond donors (Lipinski definition) is 2. The van der Waals surface area contributed by atoms with Crippen molar-refractivity contribution < 1.29 is 8.42 Å². The fourth-order valence-corrected chi connectivity index (χ4v) is 4.95. The van der Waals surface area contributed by atoms with Gasteiger partial charge in [0.25, 0.3) is 0 Å². The van der Waals surface area contributed by atoms with E-state index in [2.05, 4.69) is 4.72 Å². The summed E-state index contributed by atoms with van der Waals surface area (Å²) in [5, 5.41) is 0. The molecule has 3 N–H and O–H groups in total. The Bertz CT molecular complexity index is 684. The lowest BCUT2D eigenvalue weighted by Crippen LogP contribution is -2.26. The number of rotatable bonds is 7. The molecule has 0 atom stereocenters. The second-order valence-electron chi connectivity index (χ2n) is 4.26. The van der Waals surface area contributed by atoms with E-state index in [1.54, 1.807) is 18.2 Å². The Morgan fingerprint density at radius 3 is 2.52 bits per heavy atom. The van der Waals surface area contributed by atoms with Gasteiger partial charge in [0.15, 0.2) is 0 Å². The molecule has 2 aromatic rings. The van der Waals surface area contributed by atoms with Gasteiger partial charge in [-0.2, -0.15) is 0 Å². The van der Waals surface area contributed by atoms with E-state index in [-0.39, 0.29) is 12.3 Å². The van der Waals surface area contributed by atoms with Crippen LogP contribution in [0.5, 0.6) is 0 Å². The second-order valence-corrected chi connectivity index (χ2v) is 9.16. The fourth-order valence-electron chi connectivity index (χ4n) is 1.53. The third-order valence-corrected chi connectivity index (χ3v) is 6.43. The number of anilines is 1. The number of thioether (sulfide) groups is 1. The summed E-state index contributed by atoms with van der Waals surface area (Å²) in [7, 11) is -3.28. The lowest BCUT2D eigenvalue weighted by Gasteiger charge is -2.06. The number of nitrogen functional groups attached to an aromatic ring is 1. The average molecular weight is 363 g/mol. The molecule has 2 rings (SSSR count). The van der Waals surface area contributed by atoms with Crippen molar-refractivity contribution in [3.05, 3.63) is 45.6 Å². The van der Waals surface area contributed by atoms with Gasteiger partial charge in [0.1, 0.15) is 0 Å². The minimum Gasteiger partial charge on any atom is -0.399 e. The Hall–Kier alpha value is -0.730. The highest BCUT2D eigenvalue weighted by Crippen LogP contribution is 2.22. The molecule has 0 aliphatic carbocycles. The first-order chi connectivity index (χ1) is 9.94. The molecule has 1 aromatic heterocycles. The zero-order valence-corrected chi connectivity index (χ0v) is 14.3. The first-order valence-corrected chi connectivity index (χ1v) is 9.98. The van der Waals surface area contributed by atoms with Crippen LogP contribution in [0.1, 0.15) is 4.88 Å². The number of thiophene rings is 1. The second kappa shape index (κ2) is 7.51. The third-order valence-electron chi connectivity index (χ3n) is 2.60. The van der Waals surface area contributed by atoms with Gasteiger partial charge in [-0.15, -0.1) is 23.1 Å². The van der Waals surface area contributed by atoms with E-state index in [0.717, 1.165) is 9.77 Å². The molecule has 0 amide bonds. The molecule has 0 spiro atoms. The molecule has 114 valence electrons. The van der Waals surface area contributed by atoms with E-state index in [1.165, 1.54) is 23.1 Å². The van der Waals surface area contributed by atoms with Crippen LogP contribution < -0.4 is 10.5 Å². The molecule has 0 saturated carbocycles. The predicted molar refractivity (Wildman–Crippen MR) is 91.5 cm³/mol. The van der Waals surface area contributed by atoms with Gasteiger partial charge < -0.3 is 5.73 Å². The van der Waals surface area contributed by atoms with Crippen molar-refractivity contribution in [2.45, 2.75) is 11.4 Å². The van der Waals surface area contributed by atoms with Crippen LogP contribution in [0.2, 0.25) is 4.34 Å². The molecule has 0 saturated heterocycles. The lowest BCUT2D eigenvalue weighted by molar-refractivity contribution is 0.583. The monoisotopic (exact) mass is 362 g/mol. The lowest BCUT2D eigenvalue weighted by atomic mass is 10.3. The van der Waals surface area contributed by atoms with Gasteiger partial charge in [-0.3, -0.25) is 0 Å². The zero-order valence-electron chi connectivity index (χ0n) is 11.1. The van der Waals surface area contributed by atoms with Crippen molar-refractivity contribution >= 4 is 50.4 Å². The van der Waals surface area contributed by atoms with Gasteiger partial charge in [0.2, 0.25) is 10.0 Å². The predicted octanol–water partition coefficient (Wildman–Crippen LogP) is 3.20. The maximum Gasteiger partial charge on any atom is 0.212 e. The third kappa shape index (κ3) is 5.88. The smallest absolute Gasteiger partial charge is 0.212 e. The van der Waals surface area contributed by atoms with E-state index >= 15 is 0 Å². The minimum absolute atomic E-state index is 0.0706. The Balaban J connectivity index is 1.77. The number of nitrogens with two attached hydrogens (primary N) is 1. The molecule has 0 aliphatic rings. The van der Waals surface area contributed by atoms with Gasteiger partial charge in [0, 0.05) is 27.8 Å². The van der Waals surface area contributed by atoms with E-state index in [0.29, 0.717) is 15.8 Å². The summed E-state index contributed by atoms with van der Waals surface area (Å²) in [5.74, 6) is 0.561. The molecular weight excluding hydrogens is 348 g/mol. The number of halogens is 1. The normalized spacial score (nSPS) is 11.7. The Morgan fingerprint density at radius 2 is 1.90 bits per heavy atom. The van der Waals surface area contributed by atoms with Crippen LogP contribution >= 0.6 is 34.7 Å². The van der Waals surface area contributed by atoms with Crippen molar-refractivity contribution in [2.75, 3.05) is 17.2 Å². The molecule has 1 aromatic carbocycles. The molecule has 0 radical (unpaired) electrons. The first-order valence-electron chi connectivity index (χ1n) is 6.14. The molecule has 0 fully saturated rings. The minimum atomic E-state index is -3.28. The summed E-state index contributed by atoms with van der Waals surface area (Å²) in [6.07, 6.45) is 0. The van der Waals surface area contributed by atoms with Crippen LogP contribution in [0.15, 0.2) is 41.3 Å². The van der Waals surface area contributed by atoms with Crippen molar-refractivity contribution in [3.8, 4) is 0 Å². The van der Waals surface area contributed by atoms with Crippen LogP contribution in [-0.4, -0.2) is 19.9 Å². The van der Waals surface area contributed by atoms with Gasteiger partial charge in [-0.25, -0.2) is 13.1 Å². The van der Waals surface area contributed by atoms with E-state index < -0.39 is 10.0 Å². The summed E-state index contributed by atoms with van der Waals surface area (Å²) in [5.41, 5.74) is 6.30. The largest absolute Gasteiger partial charge is 0.399 e. The summed E-state index contributed by atoms with van der Waals surface area (Å²) >= 11 is 8.66. The quantitative estimate of drug-likeness (QED) is 0.586. The summed E-state index contributed by atoms with van der Waals surface area (Å²) in [6.45, 7) is 0.284. The SMILES string of the molecule is Nc1ccc(SCCS(=O)(=O)NCc2ccc(Cl)s2)cc1. The molecule has 0 unspecified atom stereocenters. The van der Waals surface area contributed by atoms with Gasteiger partial charge in [0.05, 0.1) is 10.1 Å². The number of hydrogen-bond acceptors (Lipinski definition) is 5. The Kier molecular flexibility index (Phi) is 5.95. The summed E-state index contributed by atoms with van der Waals surface area (Å²) in [4.78, 5) is 1.90. The highest BCUT2D eigenvalue weighted by Gasteiger charge is 2.10. The molecule has 4 nitrogen and oxygen atoms in total. The van der Waals surface area contributed by atoms with Crippen molar-refractivity contribution in [1.29, 1.82) is 0 Å². The molecular formula is C13H15ClN2O2S3. The van der Waals surface area contributed by atoms with Crippen LogP contribution in [0.3, 0.4) is 0 Å². The van der Waals surface area contributed by atoms with Crippen LogP contribution in [0.25, 0.3) is 0 Å². The fraction of sp³-hybridized carbons (Fsp3) is 0.231. The number of sulfonamides is 1. The topological polar surface area (TPSA) is 72.2 Å². The summed E-state index contributed by atoms with van der Waals surface area (Å²) in [6, 6.07) is 10.9. The molecule has 1 heterocycles. The molecule has 0 bridgehead atoms. The molecule has 8 heteroatoms. The number of benzene rings is 1.